The molecule has 0 unspecified atom stereocenters. The second-order valence-corrected chi connectivity index (χ2v) is 6.54. The number of fused-ring (bicyclic) bond motifs is 4. The van der Waals surface area contributed by atoms with Crippen LogP contribution in [0.3, 0.4) is 0 Å². The first kappa shape index (κ1) is 13.6. The van der Waals surface area contributed by atoms with Gasteiger partial charge in [-0.25, -0.2) is 0 Å². The average Bonchev–Trinajstić information content (AvgIpc) is 2.99. The molecule has 0 fully saturated rings. The summed E-state index contributed by atoms with van der Waals surface area (Å²) in [7, 11) is 0. The highest BCUT2D eigenvalue weighted by atomic mass is 16.5. The molecule has 0 spiro atoms. The second-order valence-electron chi connectivity index (χ2n) is 6.54. The lowest BCUT2D eigenvalue weighted by Gasteiger charge is -2.15. The van der Waals surface area contributed by atoms with Crippen LogP contribution in [0.15, 0.2) is 60.7 Å². The molecule has 116 valence electrons. The molecule has 0 saturated heterocycles. The quantitative estimate of drug-likeness (QED) is 0.465. The Kier molecular flexibility index (Phi) is 2.86. The summed E-state index contributed by atoms with van der Waals surface area (Å²) < 4.78 is 8.18. The van der Waals surface area contributed by atoms with Gasteiger partial charge in [-0.3, -0.25) is 0 Å². The summed E-state index contributed by atoms with van der Waals surface area (Å²) in [6, 6.07) is 21.7. The lowest BCUT2D eigenvalue weighted by atomic mass is 10.1. The molecule has 24 heavy (non-hydrogen) atoms. The minimum Gasteiger partial charge on any atom is -0.435 e. The number of hydrogen-bond donors (Lipinski definition) is 0. The Morgan fingerprint density at radius 1 is 0.875 bits per heavy atom. The van der Waals surface area contributed by atoms with Gasteiger partial charge < -0.3 is 4.74 Å². The van der Waals surface area contributed by atoms with E-state index in [9.17, 15) is 0 Å². The number of aryl methyl sites for hydroxylation is 1. The number of nitrogens with zero attached hydrogens (tertiary/aromatic N) is 1. The molecule has 5 rings (SSSR count). The van der Waals surface area contributed by atoms with Gasteiger partial charge in [0.05, 0.1) is 5.56 Å². The summed E-state index contributed by atoms with van der Waals surface area (Å²) in [5.41, 5.74) is 9.08. The van der Waals surface area contributed by atoms with Gasteiger partial charge in [-0.05, 0) is 53.3 Å². The van der Waals surface area contributed by atoms with E-state index in [1.54, 1.807) is 0 Å². The molecule has 0 aromatic heterocycles. The first-order valence-corrected chi connectivity index (χ1v) is 8.35. The van der Waals surface area contributed by atoms with Crippen molar-refractivity contribution in [2.24, 2.45) is 0 Å². The maximum absolute atomic E-state index is 6.00. The van der Waals surface area contributed by atoms with Crippen molar-refractivity contribution in [1.29, 1.82) is 0 Å². The lowest BCUT2D eigenvalue weighted by molar-refractivity contribution is -0.476. The fraction of sp³-hybridized carbons (Fsp3) is 0.136. The number of benzene rings is 3. The van der Waals surface area contributed by atoms with Gasteiger partial charge in [-0.1, -0.05) is 36.4 Å². The molecule has 3 aromatic rings. The Bertz CT molecular complexity index is 1000. The van der Waals surface area contributed by atoms with E-state index in [-0.39, 0.29) is 0 Å². The highest BCUT2D eigenvalue weighted by molar-refractivity contribution is 5.83. The smallest absolute Gasteiger partial charge is 0.292 e. The molecule has 0 bridgehead atoms. The molecule has 2 heteroatoms. The van der Waals surface area contributed by atoms with E-state index in [2.05, 4.69) is 78.4 Å². The van der Waals surface area contributed by atoms with Crippen LogP contribution in [-0.2, 0) is 6.42 Å². The minimum atomic E-state index is 0.559. The molecule has 1 heterocycles. The van der Waals surface area contributed by atoms with Crippen molar-refractivity contribution < 1.29 is 9.31 Å². The molecule has 0 saturated carbocycles. The number of rotatable bonds is 1. The predicted octanol–water partition coefficient (Wildman–Crippen LogP) is 4.68. The van der Waals surface area contributed by atoms with Crippen LogP contribution in [0.1, 0.15) is 22.3 Å². The molecule has 0 amide bonds. The third kappa shape index (κ3) is 2.00. The number of ether oxygens (including phenoxy) is 1. The van der Waals surface area contributed by atoms with Gasteiger partial charge in [0.2, 0.25) is 5.69 Å². The van der Waals surface area contributed by atoms with E-state index in [0.717, 1.165) is 17.7 Å². The van der Waals surface area contributed by atoms with E-state index in [1.807, 2.05) is 0 Å². The maximum atomic E-state index is 6.00. The first-order valence-electron chi connectivity index (χ1n) is 8.35. The summed E-state index contributed by atoms with van der Waals surface area (Å²) in [5, 5.41) is 0. The Morgan fingerprint density at radius 3 is 2.71 bits per heavy atom. The normalized spacial score (nSPS) is 14.3. The second kappa shape index (κ2) is 5.07. The van der Waals surface area contributed by atoms with Gasteiger partial charge in [0.25, 0.3) is 6.73 Å². The van der Waals surface area contributed by atoms with E-state index in [0.29, 0.717) is 6.73 Å². The standard InChI is InChI=1S/C22H18NO/c1-15-5-4-7-17-13-23(14-24-22(15)17)19-9-10-21-18(12-19)11-16-6-2-3-8-20(16)21/h2-10,12-13H,11,14H2,1H3/q+1. The zero-order chi connectivity index (χ0) is 16.1. The van der Waals surface area contributed by atoms with Gasteiger partial charge in [0.1, 0.15) is 5.75 Å². The predicted molar refractivity (Wildman–Crippen MR) is 96.4 cm³/mol. The van der Waals surface area contributed by atoms with Crippen molar-refractivity contribution in [3.63, 3.8) is 0 Å². The lowest BCUT2D eigenvalue weighted by Crippen LogP contribution is -2.21. The summed E-state index contributed by atoms with van der Waals surface area (Å²) >= 11 is 0. The van der Waals surface area contributed by atoms with Crippen LogP contribution in [0, 0.1) is 6.92 Å². The van der Waals surface area contributed by atoms with Crippen LogP contribution in [0.5, 0.6) is 5.75 Å². The highest BCUT2D eigenvalue weighted by Crippen LogP contribution is 2.38. The van der Waals surface area contributed by atoms with Gasteiger partial charge in [0.15, 0.2) is 6.21 Å². The largest absolute Gasteiger partial charge is 0.435 e. The fourth-order valence-electron chi connectivity index (χ4n) is 3.77. The Morgan fingerprint density at radius 2 is 1.75 bits per heavy atom. The van der Waals surface area contributed by atoms with Crippen LogP contribution >= 0.6 is 0 Å². The third-order valence-electron chi connectivity index (χ3n) is 4.99. The van der Waals surface area contributed by atoms with E-state index in [4.69, 9.17) is 4.74 Å². The number of hydrogen-bond acceptors (Lipinski definition) is 1. The first-order chi connectivity index (χ1) is 11.8. The van der Waals surface area contributed by atoms with Crippen molar-refractivity contribution in [2.75, 3.05) is 6.73 Å². The van der Waals surface area contributed by atoms with Crippen molar-refractivity contribution in [3.05, 3.63) is 82.9 Å². The number of para-hydroxylation sites is 1. The Hall–Kier alpha value is -2.87. The molecular formula is C22H18NO+. The van der Waals surface area contributed by atoms with E-state index < -0.39 is 0 Å². The van der Waals surface area contributed by atoms with Crippen molar-refractivity contribution in [3.8, 4) is 16.9 Å². The average molecular weight is 312 g/mol. The van der Waals surface area contributed by atoms with Gasteiger partial charge in [-0.15, -0.1) is 0 Å². The monoisotopic (exact) mass is 312 g/mol. The van der Waals surface area contributed by atoms with Gasteiger partial charge in [0, 0.05) is 12.1 Å². The molecule has 1 aliphatic heterocycles. The zero-order valence-electron chi connectivity index (χ0n) is 13.6. The Balaban J connectivity index is 1.57. The molecule has 2 nitrogen and oxygen atoms in total. The van der Waals surface area contributed by atoms with E-state index in [1.165, 1.54) is 33.5 Å². The molecule has 3 aromatic carbocycles. The van der Waals surface area contributed by atoms with Gasteiger partial charge in [-0.2, -0.15) is 4.58 Å². The van der Waals surface area contributed by atoms with Crippen molar-refractivity contribution in [2.45, 2.75) is 13.3 Å². The third-order valence-corrected chi connectivity index (χ3v) is 4.99. The molecule has 0 N–H and O–H groups in total. The van der Waals surface area contributed by atoms with Crippen LogP contribution in [0.25, 0.3) is 11.1 Å². The fourth-order valence-corrected chi connectivity index (χ4v) is 3.77. The topological polar surface area (TPSA) is 12.2 Å². The summed E-state index contributed by atoms with van der Waals surface area (Å²) in [5.74, 6) is 1.00. The van der Waals surface area contributed by atoms with Gasteiger partial charge >= 0.3 is 0 Å². The maximum Gasteiger partial charge on any atom is 0.292 e. The zero-order valence-corrected chi connectivity index (χ0v) is 13.6. The van der Waals surface area contributed by atoms with Crippen LogP contribution in [0.2, 0.25) is 0 Å². The van der Waals surface area contributed by atoms with Crippen LogP contribution < -0.4 is 4.74 Å². The van der Waals surface area contributed by atoms with E-state index >= 15 is 0 Å². The molecule has 2 aliphatic rings. The van der Waals surface area contributed by atoms with Crippen LogP contribution in [0.4, 0.5) is 5.69 Å². The molecule has 0 atom stereocenters. The highest BCUT2D eigenvalue weighted by Gasteiger charge is 2.23. The Labute approximate surface area is 141 Å². The van der Waals surface area contributed by atoms with Crippen molar-refractivity contribution in [1.82, 2.24) is 0 Å². The SMILES string of the molecule is Cc1cccc2c1OC[N+](c1ccc3c(c1)Cc1ccccc1-3)=C2. The molecular weight excluding hydrogens is 294 g/mol. The van der Waals surface area contributed by atoms with Crippen molar-refractivity contribution >= 4 is 11.9 Å². The summed E-state index contributed by atoms with van der Waals surface area (Å²) in [6.07, 6.45) is 3.21. The minimum absolute atomic E-state index is 0.559. The molecule has 0 radical (unpaired) electrons. The summed E-state index contributed by atoms with van der Waals surface area (Å²) in [6.45, 7) is 2.65. The van der Waals surface area contributed by atoms with Crippen LogP contribution in [-0.4, -0.2) is 17.5 Å². The summed E-state index contributed by atoms with van der Waals surface area (Å²) in [4.78, 5) is 0. The molecule has 1 aliphatic carbocycles.